The van der Waals surface area contributed by atoms with Crippen LogP contribution in [0.4, 0.5) is 10.1 Å². The number of nitrogens with one attached hydrogen (secondary N) is 1. The van der Waals surface area contributed by atoms with Crippen LogP contribution in [0.3, 0.4) is 0 Å². The molecule has 0 saturated carbocycles. The number of anilines is 1. The molecule has 6 heteroatoms. The van der Waals surface area contributed by atoms with Gasteiger partial charge in [0.2, 0.25) is 0 Å². The summed E-state index contributed by atoms with van der Waals surface area (Å²) in [6.07, 6.45) is 0. The Morgan fingerprint density at radius 1 is 1.17 bits per heavy atom. The number of hydrogen-bond donors (Lipinski definition) is 2. The second-order valence-electron chi connectivity index (χ2n) is 5.36. The van der Waals surface area contributed by atoms with E-state index in [-0.39, 0.29) is 29.8 Å². The first-order valence-electron chi connectivity index (χ1n) is 7.08. The second kappa shape index (κ2) is 9.46. The Hall–Kier alpha value is -1.67. The molecule has 0 saturated heterocycles. The molecule has 124 valence electrons. The summed E-state index contributed by atoms with van der Waals surface area (Å²) < 4.78 is 13.7. The fourth-order valence-electron chi connectivity index (χ4n) is 2.07. The number of aliphatic imine (C=N–C) groups is 1. The van der Waals surface area contributed by atoms with Crippen LogP contribution >= 0.6 is 24.0 Å². The van der Waals surface area contributed by atoms with Gasteiger partial charge in [0, 0.05) is 17.8 Å². The molecule has 0 heterocycles. The van der Waals surface area contributed by atoms with Crippen LogP contribution in [-0.4, -0.2) is 25.0 Å². The number of guanidine groups is 1. The Labute approximate surface area is 153 Å². The van der Waals surface area contributed by atoms with Gasteiger partial charge in [-0.3, -0.25) is 0 Å². The van der Waals surface area contributed by atoms with Gasteiger partial charge in [0.1, 0.15) is 5.82 Å². The molecule has 0 spiro atoms. The van der Waals surface area contributed by atoms with Crippen LogP contribution in [0.15, 0.2) is 53.5 Å². The molecule has 0 aliphatic heterocycles. The minimum Gasteiger partial charge on any atom is -0.370 e. The molecule has 2 rings (SSSR count). The van der Waals surface area contributed by atoms with Gasteiger partial charge in [-0.2, -0.15) is 0 Å². The molecular formula is C17H22FIN4. The molecule has 4 nitrogen and oxygen atoms in total. The summed E-state index contributed by atoms with van der Waals surface area (Å²) in [5.74, 6) is 0.140. The molecule has 0 amide bonds. The van der Waals surface area contributed by atoms with Crippen LogP contribution in [0.2, 0.25) is 0 Å². The third-order valence-corrected chi connectivity index (χ3v) is 3.07. The van der Waals surface area contributed by atoms with Crippen molar-refractivity contribution >= 4 is 35.6 Å². The number of rotatable bonds is 5. The predicted octanol–water partition coefficient (Wildman–Crippen LogP) is 3.43. The summed E-state index contributed by atoms with van der Waals surface area (Å²) in [5.41, 5.74) is 8.33. The van der Waals surface area contributed by atoms with Gasteiger partial charge in [-0.05, 0) is 43.9 Å². The van der Waals surface area contributed by atoms with Crippen molar-refractivity contribution in [3.8, 4) is 0 Å². The number of nitrogens with two attached hydrogens (primary N) is 1. The van der Waals surface area contributed by atoms with Crippen LogP contribution in [0, 0.1) is 5.82 Å². The van der Waals surface area contributed by atoms with E-state index < -0.39 is 0 Å². The molecule has 2 aromatic carbocycles. The van der Waals surface area contributed by atoms with Gasteiger partial charge < -0.3 is 16.0 Å². The van der Waals surface area contributed by atoms with Crippen molar-refractivity contribution < 1.29 is 4.39 Å². The summed E-state index contributed by atoms with van der Waals surface area (Å²) in [7, 11) is 3.82. The molecule has 0 aromatic heterocycles. The first-order valence-corrected chi connectivity index (χ1v) is 7.08. The van der Waals surface area contributed by atoms with Gasteiger partial charge in [0.25, 0.3) is 0 Å². The Balaban J connectivity index is 0.00000264. The minimum atomic E-state index is -0.197. The smallest absolute Gasteiger partial charge is 0.193 e. The van der Waals surface area contributed by atoms with E-state index in [4.69, 9.17) is 5.73 Å². The molecular weight excluding hydrogens is 406 g/mol. The lowest BCUT2D eigenvalue weighted by Crippen LogP contribution is -2.22. The molecule has 0 atom stereocenters. The largest absolute Gasteiger partial charge is 0.370 e. The van der Waals surface area contributed by atoms with Crippen molar-refractivity contribution in [3.05, 3.63) is 65.5 Å². The number of benzene rings is 2. The van der Waals surface area contributed by atoms with Crippen LogP contribution in [0.5, 0.6) is 0 Å². The third-order valence-electron chi connectivity index (χ3n) is 3.07. The highest BCUT2D eigenvalue weighted by atomic mass is 127. The molecule has 0 aliphatic rings. The van der Waals surface area contributed by atoms with Gasteiger partial charge in [-0.15, -0.1) is 24.0 Å². The lowest BCUT2D eigenvalue weighted by molar-refractivity contribution is 0.392. The number of halogens is 2. The average molecular weight is 428 g/mol. The zero-order valence-electron chi connectivity index (χ0n) is 13.3. The van der Waals surface area contributed by atoms with Crippen molar-refractivity contribution in [3.63, 3.8) is 0 Å². The van der Waals surface area contributed by atoms with E-state index in [1.54, 1.807) is 6.07 Å². The third kappa shape index (κ3) is 6.54. The van der Waals surface area contributed by atoms with Crippen molar-refractivity contribution in [1.82, 2.24) is 4.90 Å². The average Bonchev–Trinajstić information content (AvgIpc) is 2.48. The maximum atomic E-state index is 13.7. The highest BCUT2D eigenvalue weighted by molar-refractivity contribution is 14.0. The SMILES string of the molecule is CN(C)Cc1cc(CN=C(N)Nc2ccccc2)ccc1F.I. The van der Waals surface area contributed by atoms with Gasteiger partial charge in [0.15, 0.2) is 5.96 Å². The van der Waals surface area contributed by atoms with Gasteiger partial charge >= 0.3 is 0 Å². The standard InChI is InChI=1S/C17H21FN4.HI/c1-22(2)12-14-10-13(8-9-16(14)18)11-20-17(19)21-15-6-4-3-5-7-15;/h3-10H,11-12H2,1-2H3,(H3,19,20,21);1H. The maximum absolute atomic E-state index is 13.7. The number of para-hydroxylation sites is 1. The summed E-state index contributed by atoms with van der Waals surface area (Å²) in [4.78, 5) is 6.21. The van der Waals surface area contributed by atoms with Crippen molar-refractivity contribution in [1.29, 1.82) is 0 Å². The fourth-order valence-corrected chi connectivity index (χ4v) is 2.07. The van der Waals surface area contributed by atoms with E-state index in [0.717, 1.165) is 11.3 Å². The molecule has 0 fully saturated rings. The van der Waals surface area contributed by atoms with Gasteiger partial charge in [0.05, 0.1) is 6.54 Å². The van der Waals surface area contributed by atoms with Gasteiger partial charge in [-0.25, -0.2) is 9.38 Å². The maximum Gasteiger partial charge on any atom is 0.193 e. The van der Waals surface area contributed by atoms with E-state index in [2.05, 4.69) is 10.3 Å². The molecule has 0 aliphatic carbocycles. The van der Waals surface area contributed by atoms with Crippen molar-refractivity contribution in [2.45, 2.75) is 13.1 Å². The van der Waals surface area contributed by atoms with Crippen LogP contribution in [0.25, 0.3) is 0 Å². The van der Waals surface area contributed by atoms with E-state index in [1.165, 1.54) is 6.07 Å². The normalized spacial score (nSPS) is 11.2. The summed E-state index contributed by atoms with van der Waals surface area (Å²) in [5, 5.41) is 3.02. The van der Waals surface area contributed by atoms with Gasteiger partial charge in [-0.1, -0.05) is 24.3 Å². The van der Waals surface area contributed by atoms with Crippen LogP contribution < -0.4 is 11.1 Å². The van der Waals surface area contributed by atoms with Crippen molar-refractivity contribution in [2.24, 2.45) is 10.7 Å². The number of nitrogens with zero attached hydrogens (tertiary/aromatic N) is 2. The monoisotopic (exact) mass is 428 g/mol. The molecule has 0 bridgehead atoms. The Bertz CT molecular complexity index is 644. The fraction of sp³-hybridized carbons (Fsp3) is 0.235. The number of hydrogen-bond acceptors (Lipinski definition) is 2. The molecule has 23 heavy (non-hydrogen) atoms. The zero-order chi connectivity index (χ0) is 15.9. The van der Waals surface area contributed by atoms with Crippen LogP contribution in [0.1, 0.15) is 11.1 Å². The Morgan fingerprint density at radius 3 is 2.52 bits per heavy atom. The molecule has 2 aromatic rings. The first-order chi connectivity index (χ1) is 10.5. The Morgan fingerprint density at radius 2 is 1.87 bits per heavy atom. The first kappa shape index (κ1) is 19.4. The summed E-state index contributed by atoms with van der Waals surface area (Å²) in [6.45, 7) is 0.966. The quantitative estimate of drug-likeness (QED) is 0.436. The lowest BCUT2D eigenvalue weighted by atomic mass is 10.1. The highest BCUT2D eigenvalue weighted by Crippen LogP contribution is 2.13. The zero-order valence-corrected chi connectivity index (χ0v) is 15.6. The van der Waals surface area contributed by atoms with E-state index >= 15 is 0 Å². The summed E-state index contributed by atoms with van der Waals surface area (Å²) >= 11 is 0. The molecule has 3 N–H and O–H groups in total. The van der Waals surface area contributed by atoms with E-state index in [0.29, 0.717) is 24.6 Å². The van der Waals surface area contributed by atoms with Crippen LogP contribution in [-0.2, 0) is 13.1 Å². The van der Waals surface area contributed by atoms with Crippen molar-refractivity contribution in [2.75, 3.05) is 19.4 Å². The Kier molecular flexibility index (Phi) is 7.97. The minimum absolute atomic E-state index is 0. The summed E-state index contributed by atoms with van der Waals surface area (Å²) in [6, 6.07) is 14.6. The predicted molar refractivity (Wildman–Crippen MR) is 105 cm³/mol. The molecule has 0 unspecified atom stereocenters. The highest BCUT2D eigenvalue weighted by Gasteiger charge is 2.05. The van der Waals surface area contributed by atoms with E-state index in [1.807, 2.05) is 55.4 Å². The van der Waals surface area contributed by atoms with E-state index in [9.17, 15) is 4.39 Å². The second-order valence-corrected chi connectivity index (χ2v) is 5.36. The molecule has 0 radical (unpaired) electrons. The topological polar surface area (TPSA) is 53.6 Å². The lowest BCUT2D eigenvalue weighted by Gasteiger charge is -2.11.